The van der Waals surface area contributed by atoms with Gasteiger partial charge in [0.15, 0.2) is 0 Å². The molecule has 1 heterocycles. The fourth-order valence-corrected chi connectivity index (χ4v) is 4.59. The average Bonchev–Trinajstić information content (AvgIpc) is 3.32. The third kappa shape index (κ3) is 12.4. The van der Waals surface area contributed by atoms with E-state index in [-0.39, 0.29) is 18.9 Å². The quantitative estimate of drug-likeness (QED) is 0.156. The maximum absolute atomic E-state index is 12.6. The highest BCUT2D eigenvalue weighted by Gasteiger charge is 2.25. The van der Waals surface area contributed by atoms with Gasteiger partial charge in [0.2, 0.25) is 17.7 Å². The molecule has 0 spiro atoms. The highest BCUT2D eigenvalue weighted by Crippen LogP contribution is 2.19. The lowest BCUT2D eigenvalue weighted by Crippen LogP contribution is -2.52. The Bertz CT molecular complexity index is 1050. The molecule has 0 aliphatic rings. The molecule has 0 bridgehead atoms. The highest BCUT2D eigenvalue weighted by molar-refractivity contribution is 5.92. The van der Waals surface area contributed by atoms with Crippen LogP contribution in [-0.2, 0) is 25.6 Å². The first-order valence-corrected chi connectivity index (χ1v) is 14.5. The molecule has 1 aromatic heterocycles. The van der Waals surface area contributed by atoms with Crippen LogP contribution in [0.4, 0.5) is 0 Å². The molecular weight excluding hydrogens is 496 g/mol. The summed E-state index contributed by atoms with van der Waals surface area (Å²) in [6, 6.07) is 5.41. The van der Waals surface area contributed by atoms with E-state index >= 15 is 0 Å². The second kappa shape index (κ2) is 18.0. The fraction of sp³-hybridized carbons (Fsp3) is 0.600. The van der Waals surface area contributed by atoms with Crippen LogP contribution in [0.2, 0.25) is 0 Å². The molecule has 0 saturated carbocycles. The molecule has 2 aromatic rings. The number of para-hydroxylation sites is 1. The number of hydrogen-bond acceptors (Lipinski definition) is 4. The number of hydrogen-bond donors (Lipinski definition) is 5. The lowest BCUT2D eigenvalue weighted by Gasteiger charge is -2.19. The van der Waals surface area contributed by atoms with Crippen molar-refractivity contribution >= 4 is 34.6 Å². The fourth-order valence-electron chi connectivity index (χ4n) is 4.59. The van der Waals surface area contributed by atoms with E-state index in [1.54, 1.807) is 6.20 Å². The smallest absolute Gasteiger partial charge is 0.326 e. The van der Waals surface area contributed by atoms with Crippen LogP contribution in [0.15, 0.2) is 30.5 Å². The Hall–Kier alpha value is -3.36. The number of amides is 3. The Kier molecular flexibility index (Phi) is 14.7. The van der Waals surface area contributed by atoms with Gasteiger partial charge in [0.05, 0.1) is 6.54 Å². The number of benzene rings is 1. The van der Waals surface area contributed by atoms with Crippen LogP contribution < -0.4 is 16.0 Å². The lowest BCUT2D eigenvalue weighted by molar-refractivity contribution is -0.142. The maximum Gasteiger partial charge on any atom is 0.326 e. The van der Waals surface area contributed by atoms with E-state index in [0.717, 1.165) is 35.7 Å². The molecule has 0 saturated heterocycles. The number of carbonyl (C=O) groups excluding carboxylic acids is 3. The molecule has 2 rings (SSSR count). The first-order chi connectivity index (χ1) is 18.8. The Morgan fingerprint density at radius 2 is 1.46 bits per heavy atom. The van der Waals surface area contributed by atoms with Gasteiger partial charge in [-0.25, -0.2) is 4.79 Å². The van der Waals surface area contributed by atoms with Crippen molar-refractivity contribution in [2.24, 2.45) is 0 Å². The summed E-state index contributed by atoms with van der Waals surface area (Å²) in [7, 11) is 0. The van der Waals surface area contributed by atoms with Crippen molar-refractivity contribution in [3.05, 3.63) is 36.0 Å². The lowest BCUT2D eigenvalue weighted by atomic mass is 10.0. The molecule has 0 fully saturated rings. The van der Waals surface area contributed by atoms with Crippen molar-refractivity contribution in [2.45, 2.75) is 109 Å². The van der Waals surface area contributed by atoms with Gasteiger partial charge in [0, 0.05) is 29.9 Å². The van der Waals surface area contributed by atoms with Gasteiger partial charge in [0.25, 0.3) is 0 Å². The van der Waals surface area contributed by atoms with Crippen molar-refractivity contribution in [2.75, 3.05) is 6.54 Å². The number of nitrogens with one attached hydrogen (secondary N) is 4. The van der Waals surface area contributed by atoms with Gasteiger partial charge in [0.1, 0.15) is 12.1 Å². The molecule has 0 aliphatic heterocycles. The molecule has 2 atom stereocenters. The summed E-state index contributed by atoms with van der Waals surface area (Å²) in [6.07, 6.45) is 15.4. The first kappa shape index (κ1) is 31.9. The topological polar surface area (TPSA) is 140 Å². The molecule has 0 radical (unpaired) electrons. The Morgan fingerprint density at radius 3 is 2.10 bits per heavy atom. The van der Waals surface area contributed by atoms with E-state index in [1.807, 2.05) is 24.3 Å². The van der Waals surface area contributed by atoms with Crippen molar-refractivity contribution in [1.82, 2.24) is 20.9 Å². The van der Waals surface area contributed by atoms with Gasteiger partial charge in [-0.05, 0) is 25.0 Å². The SMILES string of the molecule is CCCCCCCCCCCCCC(=O)NCC(=O)N[C@@H](C)C(=O)N[C@@H](Cc1c[nH]c2ccccc12)C(=O)O. The minimum atomic E-state index is -1.16. The average molecular weight is 543 g/mol. The molecular formula is C30H46N4O5. The monoisotopic (exact) mass is 542 g/mol. The Morgan fingerprint density at radius 1 is 0.846 bits per heavy atom. The Labute approximate surface area is 231 Å². The summed E-state index contributed by atoms with van der Waals surface area (Å²) in [5.41, 5.74) is 1.66. The predicted octanol–water partition coefficient (Wildman–Crippen LogP) is 4.60. The van der Waals surface area contributed by atoms with Crippen LogP contribution in [-0.4, -0.2) is 52.4 Å². The summed E-state index contributed by atoms with van der Waals surface area (Å²) in [5, 5.41) is 18.1. The molecule has 0 aliphatic carbocycles. The second-order valence-electron chi connectivity index (χ2n) is 10.3. The number of unbranched alkanes of at least 4 members (excludes halogenated alkanes) is 10. The van der Waals surface area contributed by atoms with Gasteiger partial charge >= 0.3 is 5.97 Å². The van der Waals surface area contributed by atoms with Crippen LogP contribution in [0, 0.1) is 0 Å². The van der Waals surface area contributed by atoms with E-state index in [9.17, 15) is 24.3 Å². The van der Waals surface area contributed by atoms with Crippen LogP contribution in [0.25, 0.3) is 10.9 Å². The second-order valence-corrected chi connectivity index (χ2v) is 10.3. The van der Waals surface area contributed by atoms with E-state index in [0.29, 0.717) is 6.42 Å². The number of aromatic amines is 1. The number of fused-ring (bicyclic) bond motifs is 1. The Balaban J connectivity index is 1.60. The van der Waals surface area contributed by atoms with E-state index in [1.165, 1.54) is 58.3 Å². The minimum absolute atomic E-state index is 0.0981. The molecule has 0 unspecified atom stereocenters. The maximum atomic E-state index is 12.6. The van der Waals surface area contributed by atoms with Crippen LogP contribution in [0.1, 0.15) is 96.5 Å². The number of carboxylic acid groups (broad SMARTS) is 1. The van der Waals surface area contributed by atoms with E-state index in [2.05, 4.69) is 27.9 Å². The summed E-state index contributed by atoms with van der Waals surface area (Å²) >= 11 is 0. The molecule has 39 heavy (non-hydrogen) atoms. The zero-order valence-corrected chi connectivity index (χ0v) is 23.5. The van der Waals surface area contributed by atoms with Crippen LogP contribution in [0.3, 0.4) is 0 Å². The van der Waals surface area contributed by atoms with Gasteiger partial charge in [-0.1, -0.05) is 89.3 Å². The third-order valence-corrected chi connectivity index (χ3v) is 6.94. The first-order valence-electron chi connectivity index (χ1n) is 14.5. The molecule has 9 heteroatoms. The number of aliphatic carboxylic acids is 1. The van der Waals surface area contributed by atoms with Crippen LogP contribution in [0.5, 0.6) is 0 Å². The third-order valence-electron chi connectivity index (χ3n) is 6.94. The zero-order valence-electron chi connectivity index (χ0n) is 23.5. The minimum Gasteiger partial charge on any atom is -0.480 e. The van der Waals surface area contributed by atoms with Gasteiger partial charge in [-0.2, -0.15) is 0 Å². The highest BCUT2D eigenvalue weighted by atomic mass is 16.4. The molecule has 3 amide bonds. The van der Waals surface area contributed by atoms with Crippen molar-refractivity contribution in [1.29, 1.82) is 0 Å². The summed E-state index contributed by atoms with van der Waals surface area (Å²) in [6.45, 7) is 3.47. The predicted molar refractivity (Wildman–Crippen MR) is 153 cm³/mol. The summed E-state index contributed by atoms with van der Waals surface area (Å²) in [4.78, 5) is 51.7. The van der Waals surface area contributed by atoms with Crippen LogP contribution >= 0.6 is 0 Å². The number of carbonyl (C=O) groups is 4. The number of aromatic nitrogens is 1. The number of H-pyrrole nitrogens is 1. The molecule has 1 aromatic carbocycles. The summed E-state index contributed by atoms with van der Waals surface area (Å²) in [5.74, 6) is -2.47. The van der Waals surface area contributed by atoms with Crippen molar-refractivity contribution in [3.63, 3.8) is 0 Å². The molecule has 216 valence electrons. The standard InChI is InChI=1S/C30H46N4O5/c1-3-4-5-6-7-8-9-10-11-12-13-18-27(35)32-21-28(36)33-22(2)29(37)34-26(30(38)39)19-23-20-31-25-17-15-14-16-24(23)25/h14-17,20,22,26,31H,3-13,18-19,21H2,1-2H3,(H,32,35)(H,33,36)(H,34,37)(H,38,39)/t22-,26-/m0/s1. The zero-order chi connectivity index (χ0) is 28.5. The largest absolute Gasteiger partial charge is 0.480 e. The molecule has 9 nitrogen and oxygen atoms in total. The van der Waals surface area contributed by atoms with Crippen molar-refractivity contribution in [3.8, 4) is 0 Å². The van der Waals surface area contributed by atoms with Crippen molar-refractivity contribution < 1.29 is 24.3 Å². The van der Waals surface area contributed by atoms with Gasteiger partial charge in [-0.3, -0.25) is 14.4 Å². The number of rotatable bonds is 20. The van der Waals surface area contributed by atoms with E-state index in [4.69, 9.17) is 0 Å². The normalized spacial score (nSPS) is 12.6. The van der Waals surface area contributed by atoms with E-state index < -0.39 is 29.9 Å². The summed E-state index contributed by atoms with van der Waals surface area (Å²) < 4.78 is 0. The van der Waals surface area contributed by atoms with Gasteiger partial charge in [-0.15, -0.1) is 0 Å². The number of carboxylic acids is 1. The molecule has 5 N–H and O–H groups in total. The van der Waals surface area contributed by atoms with Gasteiger partial charge < -0.3 is 26.0 Å².